The SMILES string of the molecule is Cc1cc2c3c(F)cc(O)cc3c(=O)n(C)c2cc1O. The summed E-state index contributed by atoms with van der Waals surface area (Å²) in [6.07, 6.45) is 0. The normalized spacial score (nSPS) is 11.3. The number of phenolic OH excluding ortho intramolecular Hbond substituents is 2. The smallest absolute Gasteiger partial charge is 0.258 e. The highest BCUT2D eigenvalue weighted by molar-refractivity contribution is 6.07. The van der Waals surface area contributed by atoms with Crippen molar-refractivity contribution in [2.75, 3.05) is 0 Å². The van der Waals surface area contributed by atoms with Crippen LogP contribution in [0.25, 0.3) is 21.7 Å². The summed E-state index contributed by atoms with van der Waals surface area (Å²) in [4.78, 5) is 12.2. The minimum atomic E-state index is -0.659. The van der Waals surface area contributed by atoms with E-state index in [0.717, 1.165) is 6.07 Å². The number of pyridine rings is 1. The number of nitrogens with zero attached hydrogens (tertiary/aromatic N) is 1. The first-order valence-electron chi connectivity index (χ1n) is 6.04. The molecule has 0 saturated carbocycles. The molecule has 102 valence electrons. The van der Waals surface area contributed by atoms with Crippen molar-refractivity contribution < 1.29 is 14.6 Å². The van der Waals surface area contributed by atoms with Gasteiger partial charge in [0.1, 0.15) is 17.3 Å². The number of hydrogen-bond donors (Lipinski definition) is 2. The summed E-state index contributed by atoms with van der Waals surface area (Å²) < 4.78 is 15.5. The Kier molecular flexibility index (Phi) is 2.47. The lowest BCUT2D eigenvalue weighted by Crippen LogP contribution is -2.17. The van der Waals surface area contributed by atoms with Gasteiger partial charge in [-0.05, 0) is 24.6 Å². The molecule has 1 heterocycles. The standard InChI is InChI=1S/C15H12FNO3/c1-7-3-9-12(6-13(7)19)17(2)15(20)10-4-8(18)5-11(16)14(9)10/h3-6,18-19H,1-2H3. The predicted molar refractivity (Wildman–Crippen MR) is 74.7 cm³/mol. The molecule has 0 bridgehead atoms. The highest BCUT2D eigenvalue weighted by Crippen LogP contribution is 2.31. The summed E-state index contributed by atoms with van der Waals surface area (Å²) in [5, 5.41) is 20.0. The summed E-state index contributed by atoms with van der Waals surface area (Å²) in [6, 6.07) is 5.30. The first kappa shape index (κ1) is 12.5. The fourth-order valence-electron chi connectivity index (χ4n) is 2.49. The number of rotatable bonds is 0. The molecule has 3 aromatic rings. The first-order valence-corrected chi connectivity index (χ1v) is 6.04. The minimum absolute atomic E-state index is 0.0473. The second-order valence-electron chi connectivity index (χ2n) is 4.87. The van der Waals surface area contributed by atoms with Crippen LogP contribution in [0, 0.1) is 12.7 Å². The predicted octanol–water partition coefficient (Wildman–Crippen LogP) is 2.55. The van der Waals surface area contributed by atoms with Crippen LogP contribution in [0.3, 0.4) is 0 Å². The van der Waals surface area contributed by atoms with Gasteiger partial charge in [0.05, 0.1) is 10.9 Å². The van der Waals surface area contributed by atoms with Crippen molar-refractivity contribution in [1.82, 2.24) is 4.57 Å². The molecule has 0 saturated heterocycles. The van der Waals surface area contributed by atoms with Crippen LogP contribution in [0.15, 0.2) is 29.1 Å². The Bertz CT molecular complexity index is 928. The third kappa shape index (κ3) is 1.56. The molecule has 0 atom stereocenters. The first-order chi connectivity index (χ1) is 9.40. The van der Waals surface area contributed by atoms with Crippen LogP contribution in [0.1, 0.15) is 5.56 Å². The fourth-order valence-corrected chi connectivity index (χ4v) is 2.49. The van der Waals surface area contributed by atoms with E-state index < -0.39 is 11.4 Å². The summed E-state index contributed by atoms with van der Waals surface area (Å²) in [7, 11) is 1.54. The number of halogens is 1. The lowest BCUT2D eigenvalue weighted by Gasteiger charge is -2.12. The summed E-state index contributed by atoms with van der Waals surface area (Å²) >= 11 is 0. The Morgan fingerprint density at radius 1 is 1.10 bits per heavy atom. The third-order valence-corrected chi connectivity index (χ3v) is 3.55. The number of phenols is 2. The van der Waals surface area contributed by atoms with Crippen LogP contribution < -0.4 is 5.56 Å². The van der Waals surface area contributed by atoms with Gasteiger partial charge < -0.3 is 14.8 Å². The van der Waals surface area contributed by atoms with Crippen molar-refractivity contribution in [3.63, 3.8) is 0 Å². The second-order valence-corrected chi connectivity index (χ2v) is 4.87. The van der Waals surface area contributed by atoms with E-state index in [-0.39, 0.29) is 22.3 Å². The lowest BCUT2D eigenvalue weighted by atomic mass is 10.0. The minimum Gasteiger partial charge on any atom is -0.508 e. The number of aromatic hydroxyl groups is 2. The molecular formula is C15H12FNO3. The van der Waals surface area contributed by atoms with Crippen LogP contribution in [0.4, 0.5) is 4.39 Å². The maximum Gasteiger partial charge on any atom is 0.258 e. The van der Waals surface area contributed by atoms with Crippen LogP contribution in [-0.4, -0.2) is 14.8 Å². The van der Waals surface area contributed by atoms with E-state index in [0.29, 0.717) is 16.5 Å². The molecule has 2 aromatic carbocycles. The molecule has 20 heavy (non-hydrogen) atoms. The van der Waals surface area contributed by atoms with Gasteiger partial charge in [0.15, 0.2) is 0 Å². The van der Waals surface area contributed by atoms with Crippen molar-refractivity contribution in [3.05, 3.63) is 46.0 Å². The highest BCUT2D eigenvalue weighted by atomic mass is 19.1. The van der Waals surface area contributed by atoms with Crippen molar-refractivity contribution >= 4 is 21.7 Å². The van der Waals surface area contributed by atoms with Gasteiger partial charge in [-0.1, -0.05) is 0 Å². The maximum atomic E-state index is 14.2. The van der Waals surface area contributed by atoms with Gasteiger partial charge in [-0.15, -0.1) is 0 Å². The van der Waals surface area contributed by atoms with Gasteiger partial charge in [-0.25, -0.2) is 4.39 Å². The van der Waals surface area contributed by atoms with Crippen LogP contribution in [0.5, 0.6) is 11.5 Å². The number of hydrogen-bond acceptors (Lipinski definition) is 3. The Morgan fingerprint density at radius 3 is 2.50 bits per heavy atom. The Hall–Kier alpha value is -2.56. The zero-order valence-electron chi connectivity index (χ0n) is 10.9. The van der Waals surface area contributed by atoms with E-state index >= 15 is 0 Å². The largest absolute Gasteiger partial charge is 0.508 e. The molecular weight excluding hydrogens is 261 g/mol. The van der Waals surface area contributed by atoms with Crippen LogP contribution in [-0.2, 0) is 7.05 Å². The van der Waals surface area contributed by atoms with E-state index in [1.165, 1.54) is 16.7 Å². The Labute approximate surface area is 113 Å². The maximum absolute atomic E-state index is 14.2. The van der Waals surface area contributed by atoms with Gasteiger partial charge >= 0.3 is 0 Å². The monoisotopic (exact) mass is 273 g/mol. The number of aromatic nitrogens is 1. The molecule has 0 aliphatic carbocycles. The highest BCUT2D eigenvalue weighted by Gasteiger charge is 2.15. The molecule has 0 fully saturated rings. The average molecular weight is 273 g/mol. The van der Waals surface area contributed by atoms with Gasteiger partial charge in [-0.2, -0.15) is 0 Å². The van der Waals surface area contributed by atoms with Crippen molar-refractivity contribution in [2.24, 2.45) is 7.05 Å². The van der Waals surface area contributed by atoms with Gasteiger partial charge in [0.2, 0.25) is 0 Å². The average Bonchev–Trinajstić information content (AvgIpc) is 2.38. The molecule has 0 aliphatic rings. The molecule has 0 aliphatic heterocycles. The van der Waals surface area contributed by atoms with E-state index in [1.54, 1.807) is 20.0 Å². The zero-order chi connectivity index (χ0) is 14.6. The summed E-state index contributed by atoms with van der Waals surface area (Å²) in [5.74, 6) is -0.902. The zero-order valence-corrected chi connectivity index (χ0v) is 10.9. The summed E-state index contributed by atoms with van der Waals surface area (Å²) in [6.45, 7) is 1.70. The fraction of sp³-hybridized carbons (Fsp3) is 0.133. The van der Waals surface area contributed by atoms with Gasteiger partial charge in [0, 0.05) is 30.0 Å². The number of benzene rings is 2. The quantitative estimate of drug-likeness (QED) is 0.619. The van der Waals surface area contributed by atoms with E-state index in [9.17, 15) is 19.4 Å². The van der Waals surface area contributed by atoms with Gasteiger partial charge in [-0.3, -0.25) is 4.79 Å². The Balaban J connectivity index is 2.72. The molecule has 2 N–H and O–H groups in total. The molecule has 0 amide bonds. The van der Waals surface area contributed by atoms with Crippen LogP contribution in [0.2, 0.25) is 0 Å². The van der Waals surface area contributed by atoms with E-state index in [4.69, 9.17) is 0 Å². The van der Waals surface area contributed by atoms with Crippen LogP contribution >= 0.6 is 0 Å². The lowest BCUT2D eigenvalue weighted by molar-refractivity contribution is 0.470. The topological polar surface area (TPSA) is 62.5 Å². The van der Waals surface area contributed by atoms with Gasteiger partial charge in [0.25, 0.3) is 5.56 Å². The third-order valence-electron chi connectivity index (χ3n) is 3.55. The second kappa shape index (κ2) is 3.96. The number of aryl methyl sites for hydroxylation is 2. The van der Waals surface area contributed by atoms with Crippen molar-refractivity contribution in [3.8, 4) is 11.5 Å². The molecule has 4 nitrogen and oxygen atoms in total. The van der Waals surface area contributed by atoms with Crippen molar-refractivity contribution in [2.45, 2.75) is 6.92 Å². The van der Waals surface area contributed by atoms with E-state index in [1.807, 2.05) is 0 Å². The molecule has 1 aromatic heterocycles. The number of fused-ring (bicyclic) bond motifs is 3. The Morgan fingerprint density at radius 2 is 1.80 bits per heavy atom. The summed E-state index contributed by atoms with van der Waals surface area (Å²) in [5.41, 5.74) is 0.602. The molecule has 3 rings (SSSR count). The molecule has 0 radical (unpaired) electrons. The van der Waals surface area contributed by atoms with Crippen molar-refractivity contribution in [1.29, 1.82) is 0 Å². The van der Waals surface area contributed by atoms with E-state index in [2.05, 4.69) is 0 Å². The molecule has 5 heteroatoms. The molecule has 0 unspecified atom stereocenters. The molecule has 0 spiro atoms.